The summed E-state index contributed by atoms with van der Waals surface area (Å²) in [6, 6.07) is 19.2. The van der Waals surface area contributed by atoms with Crippen LogP contribution in [0.2, 0.25) is 0 Å². The number of nitro benzene ring substituents is 1. The number of allylic oxidation sites excluding steroid dienone is 4. The van der Waals surface area contributed by atoms with Gasteiger partial charge in [0, 0.05) is 30.3 Å². The fourth-order valence-corrected chi connectivity index (χ4v) is 6.26. The number of amides is 1. The maximum Gasteiger partial charge on any atom is 0.338 e. The fourth-order valence-electron chi connectivity index (χ4n) is 6.26. The molecule has 3 aromatic rings. The minimum Gasteiger partial charge on any atom is -0.478 e. The van der Waals surface area contributed by atoms with Crippen LogP contribution >= 0.6 is 0 Å². The molecular formula is C33H34N4O5. The van der Waals surface area contributed by atoms with Gasteiger partial charge in [0.2, 0.25) is 0 Å². The summed E-state index contributed by atoms with van der Waals surface area (Å²) in [5, 5.41) is 23.7. The van der Waals surface area contributed by atoms with Gasteiger partial charge >= 0.3 is 5.97 Å². The third-order valence-electron chi connectivity index (χ3n) is 8.59. The van der Waals surface area contributed by atoms with Crippen LogP contribution in [0.3, 0.4) is 0 Å². The SMILES string of the molecule is O=C(O)c1cccnc1C(=O)NC(CCN1CCC(c2ccccc2)(C2C=CC=CC2)CC1)c1ccc([N+](=O)[O-])cc1. The highest BCUT2D eigenvalue weighted by Gasteiger charge is 2.41. The molecule has 1 saturated heterocycles. The molecule has 9 heteroatoms. The first-order chi connectivity index (χ1) is 20.4. The highest BCUT2D eigenvalue weighted by atomic mass is 16.6. The molecule has 1 amide bonds. The molecule has 1 fully saturated rings. The van der Waals surface area contributed by atoms with Crippen LogP contribution in [-0.4, -0.2) is 51.4 Å². The van der Waals surface area contributed by atoms with Crippen molar-refractivity contribution in [3.63, 3.8) is 0 Å². The highest BCUT2D eigenvalue weighted by molar-refractivity contribution is 6.03. The number of benzene rings is 2. The number of piperidine rings is 1. The van der Waals surface area contributed by atoms with Crippen molar-refractivity contribution in [2.24, 2.45) is 5.92 Å². The summed E-state index contributed by atoms with van der Waals surface area (Å²) in [5.74, 6) is -1.41. The molecule has 2 aliphatic rings. The Morgan fingerprint density at radius 1 is 1.05 bits per heavy atom. The van der Waals surface area contributed by atoms with E-state index in [0.717, 1.165) is 32.4 Å². The average Bonchev–Trinajstić information content (AvgIpc) is 3.04. The van der Waals surface area contributed by atoms with Crippen LogP contribution in [0.5, 0.6) is 0 Å². The van der Waals surface area contributed by atoms with E-state index in [1.165, 1.54) is 36.0 Å². The summed E-state index contributed by atoms with van der Waals surface area (Å²) in [7, 11) is 0. The van der Waals surface area contributed by atoms with Gasteiger partial charge in [-0.25, -0.2) is 4.79 Å². The van der Waals surface area contributed by atoms with Crippen molar-refractivity contribution in [3.05, 3.63) is 130 Å². The molecule has 2 atom stereocenters. The lowest BCUT2D eigenvalue weighted by molar-refractivity contribution is -0.384. The lowest BCUT2D eigenvalue weighted by Crippen LogP contribution is -2.47. The standard InChI is InChI=1S/C33H34N4O5/c38-31(30-28(32(39)40)12-7-20-34-30)35-29(24-13-15-27(16-14-24)37(41)42)17-21-36-22-18-33(19-23-36,25-8-3-1-4-9-25)26-10-5-2-6-11-26/h1-10,12-16,20,26,29H,11,17-19,21-23H2,(H,35,38)(H,39,40). The van der Waals surface area contributed by atoms with Gasteiger partial charge in [-0.1, -0.05) is 66.8 Å². The van der Waals surface area contributed by atoms with Crippen molar-refractivity contribution >= 4 is 17.6 Å². The molecule has 0 bridgehead atoms. The van der Waals surface area contributed by atoms with Crippen LogP contribution < -0.4 is 5.32 Å². The van der Waals surface area contributed by atoms with Crippen molar-refractivity contribution in [1.82, 2.24) is 15.2 Å². The van der Waals surface area contributed by atoms with E-state index in [0.29, 0.717) is 24.4 Å². The molecule has 0 spiro atoms. The number of hydrogen-bond donors (Lipinski definition) is 2. The number of carbonyl (C=O) groups excluding carboxylic acids is 1. The highest BCUT2D eigenvalue weighted by Crippen LogP contribution is 2.45. The van der Waals surface area contributed by atoms with Crippen LogP contribution in [0, 0.1) is 16.0 Å². The average molecular weight is 567 g/mol. The fraction of sp³-hybridized carbons (Fsp3) is 0.303. The van der Waals surface area contributed by atoms with Crippen LogP contribution in [-0.2, 0) is 5.41 Å². The monoisotopic (exact) mass is 566 g/mol. The van der Waals surface area contributed by atoms with E-state index in [9.17, 15) is 24.8 Å². The Morgan fingerprint density at radius 3 is 2.43 bits per heavy atom. The summed E-state index contributed by atoms with van der Waals surface area (Å²) < 4.78 is 0. The summed E-state index contributed by atoms with van der Waals surface area (Å²) in [4.78, 5) is 42.1. The van der Waals surface area contributed by atoms with E-state index in [2.05, 4.69) is 69.8 Å². The van der Waals surface area contributed by atoms with Gasteiger partial charge in [0.05, 0.1) is 16.5 Å². The molecule has 1 aromatic heterocycles. The third-order valence-corrected chi connectivity index (χ3v) is 8.59. The maximum atomic E-state index is 13.2. The van der Waals surface area contributed by atoms with Gasteiger partial charge in [-0.3, -0.25) is 19.9 Å². The Labute approximate surface area is 244 Å². The number of aromatic carboxylic acids is 1. The second-order valence-corrected chi connectivity index (χ2v) is 10.9. The van der Waals surface area contributed by atoms with Crippen LogP contribution in [0.1, 0.15) is 63.7 Å². The predicted molar refractivity (Wildman–Crippen MR) is 159 cm³/mol. The first-order valence-corrected chi connectivity index (χ1v) is 14.2. The summed E-state index contributed by atoms with van der Waals surface area (Å²) in [6.45, 7) is 2.49. The third kappa shape index (κ3) is 6.31. The smallest absolute Gasteiger partial charge is 0.338 e. The predicted octanol–water partition coefficient (Wildman–Crippen LogP) is 5.72. The molecule has 0 radical (unpaired) electrons. The van der Waals surface area contributed by atoms with E-state index in [4.69, 9.17) is 0 Å². The van der Waals surface area contributed by atoms with Gasteiger partial charge in [0.25, 0.3) is 11.6 Å². The number of nitro groups is 1. The minimum absolute atomic E-state index is 0.0402. The van der Waals surface area contributed by atoms with Crippen molar-refractivity contribution in [1.29, 1.82) is 0 Å². The lowest BCUT2D eigenvalue weighted by Gasteiger charge is -2.47. The number of carboxylic acids is 1. The van der Waals surface area contributed by atoms with Gasteiger partial charge in [-0.15, -0.1) is 0 Å². The number of hydrogen-bond acceptors (Lipinski definition) is 6. The Hall–Kier alpha value is -4.63. The van der Waals surface area contributed by atoms with Crippen molar-refractivity contribution in [2.75, 3.05) is 19.6 Å². The number of nitrogens with one attached hydrogen (secondary N) is 1. The van der Waals surface area contributed by atoms with E-state index >= 15 is 0 Å². The zero-order chi connectivity index (χ0) is 29.5. The molecule has 42 heavy (non-hydrogen) atoms. The first-order valence-electron chi connectivity index (χ1n) is 14.2. The molecule has 2 heterocycles. The van der Waals surface area contributed by atoms with Crippen LogP contribution in [0.25, 0.3) is 0 Å². The largest absolute Gasteiger partial charge is 0.478 e. The quantitative estimate of drug-likeness (QED) is 0.238. The van der Waals surface area contributed by atoms with Gasteiger partial charge in [0.15, 0.2) is 0 Å². The molecule has 0 saturated carbocycles. The zero-order valence-electron chi connectivity index (χ0n) is 23.3. The van der Waals surface area contributed by atoms with E-state index in [-0.39, 0.29) is 22.4 Å². The zero-order valence-corrected chi connectivity index (χ0v) is 23.3. The number of non-ortho nitro benzene ring substituents is 1. The van der Waals surface area contributed by atoms with Gasteiger partial charge < -0.3 is 15.3 Å². The Kier molecular flexibility index (Phi) is 8.88. The van der Waals surface area contributed by atoms with Crippen LogP contribution in [0.4, 0.5) is 5.69 Å². The second-order valence-electron chi connectivity index (χ2n) is 10.9. The molecule has 2 unspecified atom stereocenters. The Balaban J connectivity index is 1.32. The molecule has 5 rings (SSSR count). The molecule has 1 aliphatic carbocycles. The van der Waals surface area contributed by atoms with Crippen LogP contribution in [0.15, 0.2) is 97.2 Å². The molecule has 2 N–H and O–H groups in total. The van der Waals surface area contributed by atoms with Gasteiger partial charge in [-0.2, -0.15) is 0 Å². The van der Waals surface area contributed by atoms with Crippen molar-refractivity contribution in [2.45, 2.75) is 37.1 Å². The van der Waals surface area contributed by atoms with Crippen molar-refractivity contribution in [3.8, 4) is 0 Å². The first kappa shape index (κ1) is 28.9. The number of aromatic nitrogens is 1. The molecule has 1 aliphatic heterocycles. The van der Waals surface area contributed by atoms with E-state index in [1.807, 2.05) is 0 Å². The topological polar surface area (TPSA) is 126 Å². The Bertz CT molecular complexity index is 1480. The van der Waals surface area contributed by atoms with Crippen molar-refractivity contribution < 1.29 is 19.6 Å². The number of pyridine rings is 1. The van der Waals surface area contributed by atoms with E-state index < -0.39 is 22.8 Å². The molecular weight excluding hydrogens is 532 g/mol. The molecule has 9 nitrogen and oxygen atoms in total. The number of likely N-dealkylation sites (tertiary alicyclic amines) is 1. The maximum absolute atomic E-state index is 13.2. The van der Waals surface area contributed by atoms with Gasteiger partial charge in [-0.05, 0) is 68.0 Å². The minimum atomic E-state index is -1.24. The number of carbonyl (C=O) groups is 2. The summed E-state index contributed by atoms with van der Waals surface area (Å²) in [6.07, 6.45) is 13.8. The number of carboxylic acid groups (broad SMARTS) is 1. The van der Waals surface area contributed by atoms with Gasteiger partial charge in [0.1, 0.15) is 5.69 Å². The Morgan fingerprint density at radius 2 is 1.79 bits per heavy atom. The summed E-state index contributed by atoms with van der Waals surface area (Å²) in [5.41, 5.74) is 1.74. The second kappa shape index (κ2) is 12.9. The number of nitrogens with zero attached hydrogens (tertiary/aromatic N) is 3. The molecule has 216 valence electrons. The number of rotatable bonds is 10. The van der Waals surface area contributed by atoms with E-state index in [1.54, 1.807) is 12.1 Å². The molecule has 2 aromatic carbocycles. The summed E-state index contributed by atoms with van der Waals surface area (Å²) >= 11 is 0. The normalized spacial score (nSPS) is 18.7. The lowest BCUT2D eigenvalue weighted by atomic mass is 9.62.